The number of amides is 4. The number of fused-ring (bicyclic) bond motifs is 2. The van der Waals surface area contributed by atoms with E-state index in [0.29, 0.717) is 30.4 Å². The van der Waals surface area contributed by atoms with Crippen LogP contribution in [0.2, 0.25) is 0 Å². The maximum atomic E-state index is 14.3. The van der Waals surface area contributed by atoms with Crippen molar-refractivity contribution in [2.45, 2.75) is 133 Å². The Bertz CT molecular complexity index is 1510. The molecular weight excluding hydrogens is 655 g/mol. The average Bonchev–Trinajstić information content (AvgIpc) is 3.84. The first kappa shape index (κ1) is 35.5. The lowest BCUT2D eigenvalue weighted by Crippen LogP contribution is -2.56. The van der Waals surface area contributed by atoms with Gasteiger partial charge in [-0.3, -0.25) is 33.2 Å². The Labute approximate surface area is 288 Å². The summed E-state index contributed by atoms with van der Waals surface area (Å²) >= 11 is 0. The Morgan fingerprint density at radius 2 is 1.78 bits per heavy atom. The van der Waals surface area contributed by atoms with Crippen molar-refractivity contribution in [3.8, 4) is 0 Å². The fourth-order valence-electron chi connectivity index (χ4n) is 7.31. The molecule has 270 valence electrons. The Hall–Kier alpha value is -3.36. The van der Waals surface area contributed by atoms with Gasteiger partial charge in [-0.1, -0.05) is 50.0 Å². The van der Waals surface area contributed by atoms with Crippen molar-refractivity contribution in [3.63, 3.8) is 0 Å². The number of hydrogen-bond donors (Lipinski definition) is 4. The van der Waals surface area contributed by atoms with Crippen molar-refractivity contribution >= 4 is 34.8 Å². The monoisotopic (exact) mass is 704 g/mol. The second-order valence-electron chi connectivity index (χ2n) is 15.3. The summed E-state index contributed by atoms with van der Waals surface area (Å²) in [6.07, 6.45) is 9.41. The SMILES string of the molecule is CC(C)(C)OC(=O)N1C[C@H](OC(=O)N2Cc3cccc(F)c3C2)C[C@H]1C(=O)N[C@]12C[C@H]1/C=C/CCCCCCCC1(CC1)S(O)(O)NC2=O. The van der Waals surface area contributed by atoms with E-state index in [9.17, 15) is 32.7 Å². The predicted octanol–water partition coefficient (Wildman–Crippen LogP) is 6.15. The van der Waals surface area contributed by atoms with Crippen LogP contribution < -0.4 is 10.0 Å². The van der Waals surface area contributed by atoms with E-state index in [-0.39, 0.29) is 38.4 Å². The molecule has 5 aliphatic rings. The zero-order chi connectivity index (χ0) is 35.2. The molecule has 0 radical (unpaired) electrons. The highest BCUT2D eigenvalue weighted by atomic mass is 32.3. The van der Waals surface area contributed by atoms with Gasteiger partial charge in [-0.25, -0.2) is 14.0 Å². The minimum absolute atomic E-state index is 0.0419. The van der Waals surface area contributed by atoms with E-state index in [1.807, 2.05) is 12.2 Å². The van der Waals surface area contributed by atoms with Crippen LogP contribution >= 0.6 is 10.8 Å². The molecule has 0 aromatic heterocycles. The Morgan fingerprint density at radius 3 is 2.49 bits per heavy atom. The molecule has 2 aliphatic carbocycles. The summed E-state index contributed by atoms with van der Waals surface area (Å²) in [6, 6.07) is 3.53. The molecule has 1 aromatic rings. The first-order valence-corrected chi connectivity index (χ1v) is 19.0. The van der Waals surface area contributed by atoms with Crippen molar-refractivity contribution < 1.29 is 42.1 Å². The van der Waals surface area contributed by atoms with Gasteiger partial charge in [-0.05, 0) is 70.9 Å². The number of rotatable bonds is 3. The topological polar surface area (TPSA) is 158 Å². The molecular formula is C35H49FN4O8S. The summed E-state index contributed by atoms with van der Waals surface area (Å²) in [5.41, 5.74) is -1.20. The van der Waals surface area contributed by atoms with E-state index in [0.717, 1.165) is 38.5 Å². The molecule has 4 amide bonds. The lowest BCUT2D eigenvalue weighted by molar-refractivity contribution is -0.131. The smallest absolute Gasteiger partial charge is 0.411 e. The number of hydrogen-bond acceptors (Lipinski definition) is 8. The van der Waals surface area contributed by atoms with Gasteiger partial charge in [0.25, 0.3) is 5.91 Å². The standard InChI is InChI=1S/C35H49FN4O8S/c1-33(2,3)48-32(44)40-21-25(47-31(43)39-20-23-12-11-14-27(36)26(23)22-39)18-28(40)29(41)37-35-19-24(35)13-9-7-5-4-6-8-10-15-34(16-17-34)49(45,46)38-30(35)42/h9,11-14,24-25,28,45-46H,4-8,10,15-22H2,1-3H3,(H,37,41)(H,38,42)/b13-9+/t24-,25-,28+,35-/m1/s1. The first-order valence-electron chi connectivity index (χ1n) is 17.4. The number of ether oxygens (including phenoxy) is 2. The van der Waals surface area contributed by atoms with Crippen LogP contribution in [-0.2, 0) is 32.2 Å². The van der Waals surface area contributed by atoms with Gasteiger partial charge in [0, 0.05) is 24.4 Å². The third-order valence-electron chi connectivity index (χ3n) is 10.4. The van der Waals surface area contributed by atoms with E-state index in [2.05, 4.69) is 10.0 Å². The van der Waals surface area contributed by atoms with Gasteiger partial charge >= 0.3 is 12.2 Å². The maximum Gasteiger partial charge on any atom is 0.411 e. The van der Waals surface area contributed by atoms with Crippen LogP contribution in [0.15, 0.2) is 30.4 Å². The van der Waals surface area contributed by atoms with Crippen LogP contribution in [0, 0.1) is 11.7 Å². The van der Waals surface area contributed by atoms with Crippen LogP contribution in [0.4, 0.5) is 14.0 Å². The van der Waals surface area contributed by atoms with Crippen molar-refractivity contribution in [3.05, 3.63) is 47.3 Å². The maximum absolute atomic E-state index is 14.3. The van der Waals surface area contributed by atoms with Crippen molar-refractivity contribution in [2.24, 2.45) is 5.92 Å². The van der Waals surface area contributed by atoms with Crippen molar-refractivity contribution in [1.82, 2.24) is 19.8 Å². The Kier molecular flexibility index (Phi) is 9.70. The third kappa shape index (κ3) is 7.56. The number of halogens is 1. The van der Waals surface area contributed by atoms with Gasteiger partial charge in [0.1, 0.15) is 29.1 Å². The van der Waals surface area contributed by atoms with Crippen molar-refractivity contribution in [2.75, 3.05) is 6.54 Å². The van der Waals surface area contributed by atoms with Gasteiger partial charge in [-0.2, -0.15) is 0 Å². The average molecular weight is 705 g/mol. The molecule has 4 N–H and O–H groups in total. The number of nitrogens with zero attached hydrogens (tertiary/aromatic N) is 2. The summed E-state index contributed by atoms with van der Waals surface area (Å²) in [4.78, 5) is 57.1. The Balaban J connectivity index is 1.19. The van der Waals surface area contributed by atoms with Gasteiger partial charge in [0.2, 0.25) is 5.91 Å². The van der Waals surface area contributed by atoms with Crippen LogP contribution in [0.5, 0.6) is 0 Å². The van der Waals surface area contributed by atoms with Crippen LogP contribution in [-0.4, -0.2) is 77.5 Å². The van der Waals surface area contributed by atoms with E-state index < -0.39 is 68.6 Å². The number of benzene rings is 1. The molecule has 49 heavy (non-hydrogen) atoms. The molecule has 1 spiro atoms. The Morgan fingerprint density at radius 1 is 1.04 bits per heavy atom. The molecule has 0 unspecified atom stereocenters. The summed E-state index contributed by atoms with van der Waals surface area (Å²) in [5, 5.41) is 2.88. The minimum atomic E-state index is -3.50. The molecule has 4 atom stereocenters. The number of nitrogens with one attached hydrogen (secondary N) is 2. The van der Waals surface area contributed by atoms with E-state index in [1.165, 1.54) is 15.9 Å². The van der Waals surface area contributed by atoms with E-state index >= 15 is 0 Å². The normalized spacial score (nSPS) is 30.5. The molecule has 6 rings (SSSR count). The molecule has 14 heteroatoms. The summed E-state index contributed by atoms with van der Waals surface area (Å²) in [7, 11) is -3.50. The molecule has 3 aliphatic heterocycles. The van der Waals surface area contributed by atoms with Crippen LogP contribution in [0.1, 0.15) is 103 Å². The number of carbonyl (C=O) groups excluding carboxylic acids is 4. The molecule has 2 saturated carbocycles. The lowest BCUT2D eigenvalue weighted by atomic mass is 10.1. The third-order valence-corrected chi connectivity index (χ3v) is 12.7. The lowest BCUT2D eigenvalue weighted by Gasteiger charge is -2.42. The van der Waals surface area contributed by atoms with Gasteiger partial charge < -0.3 is 14.8 Å². The molecule has 3 heterocycles. The fraction of sp³-hybridized carbons (Fsp3) is 0.657. The molecule has 12 nitrogen and oxygen atoms in total. The zero-order valence-corrected chi connectivity index (χ0v) is 29.4. The fourth-order valence-corrected chi connectivity index (χ4v) is 9.07. The van der Waals surface area contributed by atoms with Gasteiger partial charge in [-0.15, -0.1) is 10.8 Å². The van der Waals surface area contributed by atoms with Gasteiger partial charge in [0.15, 0.2) is 0 Å². The zero-order valence-electron chi connectivity index (χ0n) is 28.5. The second kappa shape index (κ2) is 13.4. The first-order chi connectivity index (χ1) is 23.1. The number of allylic oxidation sites excluding steroid dienone is 1. The van der Waals surface area contributed by atoms with E-state index in [4.69, 9.17) is 9.47 Å². The second-order valence-corrected chi connectivity index (χ2v) is 17.5. The quantitative estimate of drug-likeness (QED) is 0.273. The predicted molar refractivity (Wildman–Crippen MR) is 181 cm³/mol. The molecule has 3 fully saturated rings. The van der Waals surface area contributed by atoms with Crippen LogP contribution in [0.25, 0.3) is 0 Å². The van der Waals surface area contributed by atoms with Crippen LogP contribution in [0.3, 0.4) is 0 Å². The minimum Gasteiger partial charge on any atom is -0.444 e. The highest BCUT2D eigenvalue weighted by Crippen LogP contribution is 2.66. The number of carbonyl (C=O) groups is 4. The highest BCUT2D eigenvalue weighted by molar-refractivity contribution is 8.24. The summed E-state index contributed by atoms with van der Waals surface area (Å²) in [6.45, 7) is 5.18. The molecule has 1 aromatic carbocycles. The summed E-state index contributed by atoms with van der Waals surface area (Å²) in [5.74, 6) is -2.09. The largest absolute Gasteiger partial charge is 0.444 e. The van der Waals surface area contributed by atoms with Crippen molar-refractivity contribution in [1.29, 1.82) is 0 Å². The molecule has 1 saturated heterocycles. The van der Waals surface area contributed by atoms with Gasteiger partial charge in [0.05, 0.1) is 17.8 Å². The van der Waals surface area contributed by atoms with E-state index in [1.54, 1.807) is 32.9 Å². The summed E-state index contributed by atoms with van der Waals surface area (Å²) < 4.78 is 50.0. The number of likely N-dealkylation sites (tertiary alicyclic amines) is 1. The highest BCUT2D eigenvalue weighted by Gasteiger charge is 2.63. The molecule has 0 bridgehead atoms.